The maximum absolute atomic E-state index is 12.9. The predicted molar refractivity (Wildman–Crippen MR) is 105 cm³/mol. The Morgan fingerprint density at radius 1 is 1.10 bits per heavy atom. The summed E-state index contributed by atoms with van der Waals surface area (Å²) in [6.45, 7) is 3.31. The van der Waals surface area contributed by atoms with Gasteiger partial charge in [0.25, 0.3) is 11.6 Å². The van der Waals surface area contributed by atoms with E-state index in [1.165, 1.54) is 24.5 Å². The fourth-order valence-corrected chi connectivity index (χ4v) is 2.76. The number of furan rings is 1. The van der Waals surface area contributed by atoms with Crippen molar-refractivity contribution < 1.29 is 23.7 Å². The van der Waals surface area contributed by atoms with Crippen LogP contribution in [0.5, 0.6) is 0 Å². The van der Waals surface area contributed by atoms with Crippen LogP contribution in [0.2, 0.25) is 0 Å². The Labute approximate surface area is 166 Å². The number of benzene rings is 2. The maximum Gasteiger partial charge on any atom is 0.342 e. The number of nitro groups is 1. The molecule has 0 radical (unpaired) electrons. The van der Waals surface area contributed by atoms with E-state index in [-0.39, 0.29) is 16.9 Å². The lowest BCUT2D eigenvalue weighted by atomic mass is 10.1. The number of hydrogen-bond acceptors (Lipinski definition) is 6. The van der Waals surface area contributed by atoms with Gasteiger partial charge in [0.15, 0.2) is 0 Å². The van der Waals surface area contributed by atoms with Gasteiger partial charge in [-0.3, -0.25) is 14.9 Å². The monoisotopic (exact) mass is 394 g/mol. The smallest absolute Gasteiger partial charge is 0.342 e. The molecule has 3 rings (SSSR count). The van der Waals surface area contributed by atoms with Crippen LogP contribution in [0, 0.1) is 24.0 Å². The van der Waals surface area contributed by atoms with Gasteiger partial charge in [-0.1, -0.05) is 36.4 Å². The van der Waals surface area contributed by atoms with Crippen molar-refractivity contribution >= 4 is 23.3 Å². The number of aryl methyl sites for hydroxylation is 2. The molecule has 1 amide bonds. The van der Waals surface area contributed by atoms with Crippen LogP contribution in [-0.4, -0.2) is 16.8 Å². The van der Waals surface area contributed by atoms with Crippen molar-refractivity contribution in [1.82, 2.24) is 0 Å². The molecule has 0 fully saturated rings. The van der Waals surface area contributed by atoms with Crippen LogP contribution < -0.4 is 5.32 Å². The second kappa shape index (κ2) is 8.39. The Kier molecular flexibility index (Phi) is 5.73. The highest BCUT2D eigenvalue weighted by atomic mass is 16.6. The van der Waals surface area contributed by atoms with Crippen LogP contribution in [0.25, 0.3) is 0 Å². The molecule has 148 valence electrons. The normalized spacial score (nSPS) is 11.5. The first-order chi connectivity index (χ1) is 13.9. The van der Waals surface area contributed by atoms with Gasteiger partial charge in [0.2, 0.25) is 6.10 Å². The van der Waals surface area contributed by atoms with Gasteiger partial charge in [-0.15, -0.1) is 0 Å². The number of amides is 1. The Morgan fingerprint density at radius 3 is 2.45 bits per heavy atom. The minimum absolute atomic E-state index is 0.0158. The molecule has 0 aliphatic heterocycles. The molecule has 0 unspecified atom stereocenters. The zero-order valence-electron chi connectivity index (χ0n) is 15.7. The summed E-state index contributed by atoms with van der Waals surface area (Å²) in [6, 6.07) is 14.3. The maximum atomic E-state index is 12.9. The lowest BCUT2D eigenvalue weighted by Crippen LogP contribution is -2.26. The third-order valence-corrected chi connectivity index (χ3v) is 4.25. The molecule has 0 saturated heterocycles. The molecule has 8 nitrogen and oxygen atoms in total. The molecule has 0 saturated carbocycles. The number of nitro benzene ring substituents is 1. The summed E-state index contributed by atoms with van der Waals surface area (Å²) >= 11 is 0. The molecule has 2 aromatic carbocycles. The number of nitrogens with zero attached hydrogens (tertiary/aromatic N) is 1. The third-order valence-electron chi connectivity index (χ3n) is 4.25. The largest absolute Gasteiger partial charge is 0.469 e. The minimum atomic E-state index is -1.31. The van der Waals surface area contributed by atoms with Gasteiger partial charge >= 0.3 is 5.97 Å². The standard InChI is InChI=1S/C21H18N2O6/c1-13-8-9-17(18(12-13)23(26)27)22-20(24)19(15-6-4-3-5-7-15)29-21(25)16-10-11-28-14(16)2/h3-12,19H,1-2H3,(H,22,24)/t19-/m0/s1. The van der Waals surface area contributed by atoms with Crippen LogP contribution in [0.15, 0.2) is 65.3 Å². The summed E-state index contributed by atoms with van der Waals surface area (Å²) in [5.74, 6) is -1.09. The highest BCUT2D eigenvalue weighted by Gasteiger charge is 2.28. The van der Waals surface area contributed by atoms with E-state index in [1.54, 1.807) is 50.2 Å². The zero-order chi connectivity index (χ0) is 21.0. The van der Waals surface area contributed by atoms with Crippen molar-refractivity contribution in [3.63, 3.8) is 0 Å². The zero-order valence-corrected chi connectivity index (χ0v) is 15.7. The SMILES string of the molecule is Cc1ccc(NC(=O)[C@@H](OC(=O)c2ccoc2C)c2ccccc2)c([N+](=O)[O-])c1. The summed E-state index contributed by atoms with van der Waals surface area (Å²) in [5, 5.41) is 13.8. The topological polar surface area (TPSA) is 112 Å². The van der Waals surface area contributed by atoms with Crippen LogP contribution in [0.4, 0.5) is 11.4 Å². The average molecular weight is 394 g/mol. The first-order valence-corrected chi connectivity index (χ1v) is 8.72. The molecule has 0 spiro atoms. The van der Waals surface area contributed by atoms with E-state index < -0.39 is 22.9 Å². The molecule has 1 heterocycles. The molecule has 0 bridgehead atoms. The van der Waals surface area contributed by atoms with Gasteiger partial charge in [-0.2, -0.15) is 0 Å². The first kappa shape index (κ1) is 19.8. The first-order valence-electron chi connectivity index (χ1n) is 8.72. The number of hydrogen-bond donors (Lipinski definition) is 1. The van der Waals surface area contributed by atoms with Crippen LogP contribution in [0.1, 0.15) is 33.3 Å². The Balaban J connectivity index is 1.91. The quantitative estimate of drug-likeness (QED) is 0.378. The fourth-order valence-electron chi connectivity index (χ4n) is 2.76. The minimum Gasteiger partial charge on any atom is -0.469 e. The van der Waals surface area contributed by atoms with Crippen molar-refractivity contribution in [1.29, 1.82) is 0 Å². The van der Waals surface area contributed by atoms with Crippen molar-refractivity contribution in [3.8, 4) is 0 Å². The van der Waals surface area contributed by atoms with E-state index in [1.807, 2.05) is 0 Å². The van der Waals surface area contributed by atoms with Crippen molar-refractivity contribution in [2.75, 3.05) is 5.32 Å². The molecule has 1 atom stereocenters. The number of anilines is 1. The van der Waals surface area contributed by atoms with Crippen LogP contribution in [0.3, 0.4) is 0 Å². The Morgan fingerprint density at radius 2 is 1.83 bits per heavy atom. The molecule has 8 heteroatoms. The number of nitrogens with one attached hydrogen (secondary N) is 1. The average Bonchev–Trinajstić information content (AvgIpc) is 3.13. The molecule has 29 heavy (non-hydrogen) atoms. The Bertz CT molecular complexity index is 1060. The molecular formula is C21H18N2O6. The van der Waals surface area contributed by atoms with Gasteiger partial charge in [-0.25, -0.2) is 4.79 Å². The summed E-state index contributed by atoms with van der Waals surface area (Å²) in [4.78, 5) is 36.2. The molecule has 0 aliphatic carbocycles. The van der Waals surface area contributed by atoms with E-state index in [4.69, 9.17) is 9.15 Å². The van der Waals surface area contributed by atoms with Crippen molar-refractivity contribution in [2.45, 2.75) is 20.0 Å². The van der Waals surface area contributed by atoms with Crippen molar-refractivity contribution in [3.05, 3.63) is 93.4 Å². The van der Waals surface area contributed by atoms with Crippen LogP contribution >= 0.6 is 0 Å². The number of carbonyl (C=O) groups excluding carboxylic acids is 2. The lowest BCUT2D eigenvalue weighted by molar-refractivity contribution is -0.384. The molecule has 1 aromatic heterocycles. The van der Waals surface area contributed by atoms with Gasteiger partial charge in [0, 0.05) is 11.6 Å². The lowest BCUT2D eigenvalue weighted by Gasteiger charge is -2.18. The van der Waals surface area contributed by atoms with E-state index >= 15 is 0 Å². The predicted octanol–water partition coefficient (Wildman–Crippen LogP) is 4.34. The number of esters is 1. The van der Waals surface area contributed by atoms with E-state index in [2.05, 4.69) is 5.32 Å². The molecular weight excluding hydrogens is 376 g/mol. The van der Waals surface area contributed by atoms with E-state index in [0.29, 0.717) is 16.9 Å². The second-order valence-electron chi connectivity index (χ2n) is 6.35. The fraction of sp³-hybridized carbons (Fsp3) is 0.143. The van der Waals surface area contributed by atoms with Gasteiger partial charge in [0.05, 0.1) is 11.2 Å². The summed E-state index contributed by atoms with van der Waals surface area (Å²) in [6.07, 6.45) is 0.0398. The molecule has 0 aliphatic rings. The van der Waals surface area contributed by atoms with Gasteiger partial charge < -0.3 is 14.5 Å². The van der Waals surface area contributed by atoms with Crippen molar-refractivity contribution in [2.24, 2.45) is 0 Å². The summed E-state index contributed by atoms with van der Waals surface area (Å²) in [7, 11) is 0. The second-order valence-corrected chi connectivity index (χ2v) is 6.35. The van der Waals surface area contributed by atoms with Crippen LogP contribution in [-0.2, 0) is 9.53 Å². The summed E-state index contributed by atoms with van der Waals surface area (Å²) < 4.78 is 10.5. The molecule has 1 N–H and O–H groups in total. The number of carbonyl (C=O) groups is 2. The number of ether oxygens (including phenoxy) is 1. The Hall–Kier alpha value is -3.94. The van der Waals surface area contributed by atoms with E-state index in [0.717, 1.165) is 0 Å². The highest BCUT2D eigenvalue weighted by Crippen LogP contribution is 2.28. The van der Waals surface area contributed by atoms with Gasteiger partial charge in [-0.05, 0) is 31.5 Å². The highest BCUT2D eigenvalue weighted by molar-refractivity contribution is 5.99. The third kappa shape index (κ3) is 4.49. The van der Waals surface area contributed by atoms with E-state index in [9.17, 15) is 19.7 Å². The summed E-state index contributed by atoms with van der Waals surface area (Å²) in [5.41, 5.74) is 1.06. The number of rotatable bonds is 6. The van der Waals surface area contributed by atoms with Gasteiger partial charge in [0.1, 0.15) is 17.0 Å². The molecule has 3 aromatic rings.